The van der Waals surface area contributed by atoms with Crippen molar-refractivity contribution in [3.63, 3.8) is 0 Å². The van der Waals surface area contributed by atoms with Gasteiger partial charge >= 0.3 is 0 Å². The molecular formula is C21H22FN3O2. The van der Waals surface area contributed by atoms with Crippen LogP contribution < -0.4 is 15.4 Å². The number of hydrogen-bond acceptors (Lipinski definition) is 4. The van der Waals surface area contributed by atoms with Gasteiger partial charge in [0.15, 0.2) is 5.75 Å². The van der Waals surface area contributed by atoms with E-state index in [9.17, 15) is 9.18 Å². The number of aromatic nitrogens is 1. The lowest BCUT2D eigenvalue weighted by atomic mass is 10.0. The molecule has 0 aliphatic rings. The number of carbonyl (C=O) groups excluding carboxylic acids is 1. The monoisotopic (exact) mass is 367 g/mol. The molecule has 3 aromatic rings. The van der Waals surface area contributed by atoms with Crippen LogP contribution in [0.2, 0.25) is 0 Å². The Balaban J connectivity index is 1.37. The highest BCUT2D eigenvalue weighted by Gasteiger charge is 2.06. The summed E-state index contributed by atoms with van der Waals surface area (Å²) >= 11 is 0. The van der Waals surface area contributed by atoms with Crippen molar-refractivity contribution in [1.82, 2.24) is 15.6 Å². The molecule has 0 atom stereocenters. The topological polar surface area (TPSA) is 63.2 Å². The standard InChI is InChI=1S/C21H22FN3O2/c1-15-4-5-17-14-18(7-6-16(17)13-15)21(26)25-10-9-23-11-12-27-19-3-2-8-24-20(19)22/h2-8,13-14,23H,9-12H2,1H3,(H,25,26). The van der Waals surface area contributed by atoms with Gasteiger partial charge in [-0.1, -0.05) is 29.8 Å². The molecule has 0 unspecified atom stereocenters. The first kappa shape index (κ1) is 18.8. The Morgan fingerprint density at radius 2 is 1.89 bits per heavy atom. The summed E-state index contributed by atoms with van der Waals surface area (Å²) in [5.41, 5.74) is 1.84. The summed E-state index contributed by atoms with van der Waals surface area (Å²) in [6.07, 6.45) is 1.37. The number of fused-ring (bicyclic) bond motifs is 1. The van der Waals surface area contributed by atoms with Crippen molar-refractivity contribution in [3.05, 3.63) is 71.8 Å². The molecule has 2 aromatic carbocycles. The molecule has 5 nitrogen and oxygen atoms in total. The van der Waals surface area contributed by atoms with Gasteiger partial charge in [0.2, 0.25) is 0 Å². The van der Waals surface area contributed by atoms with E-state index in [0.717, 1.165) is 10.8 Å². The molecule has 27 heavy (non-hydrogen) atoms. The fourth-order valence-electron chi connectivity index (χ4n) is 2.71. The van der Waals surface area contributed by atoms with Crippen LogP contribution in [0, 0.1) is 12.9 Å². The summed E-state index contributed by atoms with van der Waals surface area (Å²) in [5.74, 6) is -0.581. The Morgan fingerprint density at radius 1 is 1.07 bits per heavy atom. The lowest BCUT2D eigenvalue weighted by Crippen LogP contribution is -2.33. The molecule has 2 N–H and O–H groups in total. The van der Waals surface area contributed by atoms with E-state index >= 15 is 0 Å². The van der Waals surface area contributed by atoms with Crippen LogP contribution in [0.25, 0.3) is 10.8 Å². The zero-order chi connectivity index (χ0) is 19.1. The Labute approximate surface area is 157 Å². The predicted octanol–water partition coefficient (Wildman–Crippen LogP) is 3.08. The molecule has 0 aliphatic carbocycles. The summed E-state index contributed by atoms with van der Waals surface area (Å²) in [6, 6.07) is 15.0. The van der Waals surface area contributed by atoms with E-state index in [1.54, 1.807) is 6.07 Å². The van der Waals surface area contributed by atoms with Crippen molar-refractivity contribution in [2.75, 3.05) is 26.2 Å². The summed E-state index contributed by atoms with van der Waals surface area (Å²) in [6.45, 7) is 3.99. The highest BCUT2D eigenvalue weighted by atomic mass is 19.1. The average Bonchev–Trinajstić information content (AvgIpc) is 2.68. The second-order valence-electron chi connectivity index (χ2n) is 6.21. The fourth-order valence-corrected chi connectivity index (χ4v) is 2.71. The molecule has 3 rings (SSSR count). The molecule has 0 fully saturated rings. The molecule has 140 valence electrons. The number of rotatable bonds is 8. The molecule has 0 spiro atoms. The fraction of sp³-hybridized carbons (Fsp3) is 0.238. The van der Waals surface area contributed by atoms with Crippen molar-refractivity contribution >= 4 is 16.7 Å². The summed E-state index contributed by atoms with van der Waals surface area (Å²) < 4.78 is 18.6. The van der Waals surface area contributed by atoms with Crippen LogP contribution >= 0.6 is 0 Å². The van der Waals surface area contributed by atoms with Crippen molar-refractivity contribution < 1.29 is 13.9 Å². The van der Waals surface area contributed by atoms with Crippen LogP contribution in [-0.2, 0) is 0 Å². The smallest absolute Gasteiger partial charge is 0.255 e. The van der Waals surface area contributed by atoms with E-state index in [4.69, 9.17) is 4.74 Å². The molecule has 1 heterocycles. The third kappa shape index (κ3) is 5.24. The van der Waals surface area contributed by atoms with Gasteiger partial charge in [-0.15, -0.1) is 0 Å². The van der Waals surface area contributed by atoms with E-state index < -0.39 is 5.95 Å². The first-order valence-corrected chi connectivity index (χ1v) is 8.86. The number of amides is 1. The second kappa shape index (κ2) is 9.09. The van der Waals surface area contributed by atoms with Crippen LogP contribution in [0.3, 0.4) is 0 Å². The van der Waals surface area contributed by atoms with Gasteiger partial charge in [-0.2, -0.15) is 4.39 Å². The van der Waals surface area contributed by atoms with E-state index in [0.29, 0.717) is 31.8 Å². The predicted molar refractivity (Wildman–Crippen MR) is 104 cm³/mol. The average molecular weight is 367 g/mol. The molecule has 1 amide bonds. The number of carbonyl (C=O) groups is 1. The maximum absolute atomic E-state index is 13.3. The number of aryl methyl sites for hydroxylation is 1. The summed E-state index contributed by atoms with van der Waals surface area (Å²) in [5, 5.41) is 8.19. The van der Waals surface area contributed by atoms with Gasteiger partial charge in [0.1, 0.15) is 6.61 Å². The van der Waals surface area contributed by atoms with Crippen molar-refractivity contribution in [3.8, 4) is 5.75 Å². The zero-order valence-electron chi connectivity index (χ0n) is 15.2. The van der Waals surface area contributed by atoms with E-state index in [-0.39, 0.29) is 11.7 Å². The van der Waals surface area contributed by atoms with Crippen molar-refractivity contribution in [2.24, 2.45) is 0 Å². The number of halogens is 1. The number of nitrogens with one attached hydrogen (secondary N) is 2. The largest absolute Gasteiger partial charge is 0.487 e. The van der Waals surface area contributed by atoms with Crippen LogP contribution in [0.15, 0.2) is 54.7 Å². The van der Waals surface area contributed by atoms with Gasteiger partial charge in [0, 0.05) is 31.4 Å². The molecule has 0 bridgehead atoms. The molecule has 1 aromatic heterocycles. The number of pyridine rings is 1. The van der Waals surface area contributed by atoms with Crippen LogP contribution in [0.4, 0.5) is 4.39 Å². The molecule has 0 saturated carbocycles. The van der Waals surface area contributed by atoms with Gasteiger partial charge in [-0.25, -0.2) is 4.98 Å². The third-order valence-corrected chi connectivity index (χ3v) is 4.11. The molecular weight excluding hydrogens is 345 g/mol. The number of benzene rings is 2. The van der Waals surface area contributed by atoms with Gasteiger partial charge in [0.05, 0.1) is 0 Å². The number of hydrogen-bond donors (Lipinski definition) is 2. The van der Waals surface area contributed by atoms with E-state index in [2.05, 4.69) is 21.7 Å². The SMILES string of the molecule is Cc1ccc2cc(C(=O)NCCNCCOc3cccnc3F)ccc2c1. The summed E-state index contributed by atoms with van der Waals surface area (Å²) in [4.78, 5) is 15.8. The quantitative estimate of drug-likeness (QED) is 0.474. The zero-order valence-corrected chi connectivity index (χ0v) is 15.2. The van der Waals surface area contributed by atoms with Crippen LogP contribution in [0.1, 0.15) is 15.9 Å². The van der Waals surface area contributed by atoms with Gasteiger partial charge < -0.3 is 15.4 Å². The minimum Gasteiger partial charge on any atom is -0.487 e. The maximum Gasteiger partial charge on any atom is 0.255 e. The number of ether oxygens (including phenoxy) is 1. The van der Waals surface area contributed by atoms with E-state index in [1.807, 2.05) is 37.3 Å². The maximum atomic E-state index is 13.3. The summed E-state index contributed by atoms with van der Waals surface area (Å²) in [7, 11) is 0. The Hall–Kier alpha value is -2.99. The minimum atomic E-state index is -0.615. The van der Waals surface area contributed by atoms with E-state index in [1.165, 1.54) is 17.8 Å². The van der Waals surface area contributed by atoms with Crippen molar-refractivity contribution in [2.45, 2.75) is 6.92 Å². The van der Waals surface area contributed by atoms with Gasteiger partial charge in [0.25, 0.3) is 11.9 Å². The molecule has 6 heteroatoms. The highest BCUT2D eigenvalue weighted by molar-refractivity contribution is 5.98. The Bertz CT molecular complexity index is 930. The second-order valence-corrected chi connectivity index (χ2v) is 6.21. The molecule has 0 aliphatic heterocycles. The van der Waals surface area contributed by atoms with Gasteiger partial charge in [-0.05, 0) is 42.0 Å². The van der Waals surface area contributed by atoms with Crippen LogP contribution in [0.5, 0.6) is 5.75 Å². The molecule has 0 saturated heterocycles. The first-order chi connectivity index (χ1) is 13.1. The van der Waals surface area contributed by atoms with Crippen LogP contribution in [-0.4, -0.2) is 37.1 Å². The van der Waals surface area contributed by atoms with Gasteiger partial charge in [-0.3, -0.25) is 4.79 Å². The molecule has 0 radical (unpaired) electrons. The first-order valence-electron chi connectivity index (χ1n) is 8.86. The minimum absolute atomic E-state index is 0.104. The highest BCUT2D eigenvalue weighted by Crippen LogP contribution is 2.17. The normalized spacial score (nSPS) is 10.7. The lowest BCUT2D eigenvalue weighted by molar-refractivity contribution is 0.0954. The third-order valence-electron chi connectivity index (χ3n) is 4.11. The Kier molecular flexibility index (Phi) is 6.33. The lowest BCUT2D eigenvalue weighted by Gasteiger charge is -2.09. The number of nitrogens with zero attached hydrogens (tertiary/aromatic N) is 1. The Morgan fingerprint density at radius 3 is 2.74 bits per heavy atom. The van der Waals surface area contributed by atoms with Crippen molar-refractivity contribution in [1.29, 1.82) is 0 Å².